The lowest BCUT2D eigenvalue weighted by atomic mass is 10.2. The van der Waals surface area contributed by atoms with Gasteiger partial charge in [-0.2, -0.15) is 0 Å². The first-order valence-electron chi connectivity index (χ1n) is 7.25. The number of phenols is 1. The highest BCUT2D eigenvalue weighted by atomic mass is 19.1. The molecule has 6 heteroatoms. The molecule has 118 valence electrons. The van der Waals surface area contributed by atoms with E-state index in [4.69, 9.17) is 0 Å². The van der Waals surface area contributed by atoms with Crippen LogP contribution >= 0.6 is 0 Å². The summed E-state index contributed by atoms with van der Waals surface area (Å²) < 4.78 is 15.3. The molecule has 3 heterocycles. The predicted octanol–water partition coefficient (Wildman–Crippen LogP) is 3.61. The molecule has 0 radical (unpaired) electrons. The van der Waals surface area contributed by atoms with Crippen molar-refractivity contribution in [1.82, 2.24) is 14.4 Å². The zero-order valence-electron chi connectivity index (χ0n) is 12.4. The SMILES string of the molecule is Oc1ccc(F)cc1-c1nc(-c2ncccc2O)c2ccccn12. The van der Waals surface area contributed by atoms with Crippen molar-refractivity contribution in [3.63, 3.8) is 0 Å². The Bertz CT molecular complexity index is 1060. The van der Waals surface area contributed by atoms with Crippen LogP contribution in [0.5, 0.6) is 11.5 Å². The number of hydrogen-bond donors (Lipinski definition) is 2. The van der Waals surface area contributed by atoms with Gasteiger partial charge in [0, 0.05) is 12.4 Å². The Morgan fingerprint density at radius 1 is 0.917 bits per heavy atom. The van der Waals surface area contributed by atoms with Crippen LogP contribution in [0.25, 0.3) is 28.3 Å². The Hall–Kier alpha value is -3.41. The predicted molar refractivity (Wildman–Crippen MR) is 87.1 cm³/mol. The summed E-state index contributed by atoms with van der Waals surface area (Å²) in [5.74, 6) is -0.194. The van der Waals surface area contributed by atoms with Crippen LogP contribution in [0.1, 0.15) is 0 Å². The molecule has 0 aliphatic carbocycles. The van der Waals surface area contributed by atoms with Gasteiger partial charge < -0.3 is 10.2 Å². The summed E-state index contributed by atoms with van der Waals surface area (Å²) in [6, 6.07) is 12.3. The second kappa shape index (κ2) is 5.34. The minimum atomic E-state index is -0.474. The maximum Gasteiger partial charge on any atom is 0.149 e. The molecule has 2 N–H and O–H groups in total. The van der Waals surface area contributed by atoms with Crippen molar-refractivity contribution in [3.8, 4) is 34.3 Å². The first-order chi connectivity index (χ1) is 11.6. The Labute approximate surface area is 136 Å². The highest BCUT2D eigenvalue weighted by Crippen LogP contribution is 2.35. The second-order valence-corrected chi connectivity index (χ2v) is 5.27. The number of fused-ring (bicyclic) bond motifs is 1. The van der Waals surface area contributed by atoms with Crippen LogP contribution in [-0.4, -0.2) is 24.6 Å². The van der Waals surface area contributed by atoms with Crippen LogP contribution in [0.2, 0.25) is 0 Å². The van der Waals surface area contributed by atoms with Gasteiger partial charge >= 0.3 is 0 Å². The highest BCUT2D eigenvalue weighted by Gasteiger charge is 2.19. The third-order valence-electron chi connectivity index (χ3n) is 3.76. The summed E-state index contributed by atoms with van der Waals surface area (Å²) >= 11 is 0. The van der Waals surface area contributed by atoms with E-state index >= 15 is 0 Å². The average molecular weight is 321 g/mol. The van der Waals surface area contributed by atoms with Gasteiger partial charge in [0.1, 0.15) is 34.5 Å². The molecule has 0 bridgehead atoms. The molecule has 24 heavy (non-hydrogen) atoms. The zero-order chi connectivity index (χ0) is 16.7. The van der Waals surface area contributed by atoms with Crippen LogP contribution in [0.3, 0.4) is 0 Å². The van der Waals surface area contributed by atoms with Crippen LogP contribution < -0.4 is 0 Å². The molecule has 4 aromatic rings. The van der Waals surface area contributed by atoms with Gasteiger partial charge in [0.05, 0.1) is 11.1 Å². The lowest BCUT2D eigenvalue weighted by Crippen LogP contribution is -1.90. The summed E-state index contributed by atoms with van der Waals surface area (Å²) in [6.45, 7) is 0. The van der Waals surface area contributed by atoms with E-state index in [2.05, 4.69) is 9.97 Å². The summed E-state index contributed by atoms with van der Waals surface area (Å²) in [7, 11) is 0. The normalized spacial score (nSPS) is 11.0. The topological polar surface area (TPSA) is 70.7 Å². The largest absolute Gasteiger partial charge is 0.507 e. The monoisotopic (exact) mass is 321 g/mol. The van der Waals surface area contributed by atoms with E-state index < -0.39 is 5.82 Å². The molecule has 0 amide bonds. The molecule has 0 atom stereocenters. The molecular formula is C18H12FN3O2. The molecule has 3 aromatic heterocycles. The fourth-order valence-electron chi connectivity index (χ4n) is 2.67. The van der Waals surface area contributed by atoms with Crippen LogP contribution in [-0.2, 0) is 0 Å². The summed E-state index contributed by atoms with van der Waals surface area (Å²) in [6.07, 6.45) is 3.31. The molecule has 0 saturated carbocycles. The molecule has 0 spiro atoms. The van der Waals surface area contributed by atoms with Gasteiger partial charge in [-0.05, 0) is 42.5 Å². The highest BCUT2D eigenvalue weighted by molar-refractivity contribution is 5.83. The molecule has 5 nitrogen and oxygen atoms in total. The zero-order valence-corrected chi connectivity index (χ0v) is 12.4. The standard InChI is InChI=1S/C18H12FN3O2/c19-11-6-7-14(23)12(10-11)18-21-16(13-4-1-2-9-22(13)18)17-15(24)5-3-8-20-17/h1-10,23-24H. The van der Waals surface area contributed by atoms with E-state index in [1.807, 2.05) is 12.1 Å². The Morgan fingerprint density at radius 2 is 1.79 bits per heavy atom. The van der Waals surface area contributed by atoms with Crippen molar-refractivity contribution in [2.24, 2.45) is 0 Å². The van der Waals surface area contributed by atoms with Gasteiger partial charge in [-0.15, -0.1) is 0 Å². The maximum atomic E-state index is 13.6. The second-order valence-electron chi connectivity index (χ2n) is 5.27. The molecule has 0 aliphatic heterocycles. The van der Waals surface area contributed by atoms with Gasteiger partial charge in [-0.3, -0.25) is 9.38 Å². The Morgan fingerprint density at radius 3 is 2.62 bits per heavy atom. The molecular weight excluding hydrogens is 309 g/mol. The Kier molecular flexibility index (Phi) is 3.16. The number of rotatable bonds is 2. The van der Waals surface area contributed by atoms with Crippen molar-refractivity contribution in [1.29, 1.82) is 0 Å². The summed E-state index contributed by atoms with van der Waals surface area (Å²) in [5, 5.41) is 20.2. The van der Waals surface area contributed by atoms with E-state index in [-0.39, 0.29) is 17.1 Å². The van der Waals surface area contributed by atoms with Gasteiger partial charge in [0.2, 0.25) is 0 Å². The average Bonchev–Trinajstić information content (AvgIpc) is 2.97. The van der Waals surface area contributed by atoms with E-state index in [0.29, 0.717) is 22.7 Å². The van der Waals surface area contributed by atoms with Gasteiger partial charge in [0.25, 0.3) is 0 Å². The number of aromatic hydroxyl groups is 2. The number of hydrogen-bond acceptors (Lipinski definition) is 4. The number of aromatic nitrogens is 3. The van der Waals surface area contributed by atoms with E-state index in [0.717, 1.165) is 0 Å². The molecule has 1 aromatic carbocycles. The maximum absolute atomic E-state index is 13.6. The van der Waals surface area contributed by atoms with Crippen LogP contribution in [0.4, 0.5) is 4.39 Å². The lowest BCUT2D eigenvalue weighted by Gasteiger charge is -2.03. The first-order valence-corrected chi connectivity index (χ1v) is 7.25. The van der Waals surface area contributed by atoms with Crippen molar-refractivity contribution >= 4 is 5.52 Å². The van der Waals surface area contributed by atoms with Crippen molar-refractivity contribution in [2.75, 3.05) is 0 Å². The van der Waals surface area contributed by atoms with Gasteiger partial charge in [-0.25, -0.2) is 9.37 Å². The van der Waals surface area contributed by atoms with Crippen molar-refractivity contribution < 1.29 is 14.6 Å². The minimum Gasteiger partial charge on any atom is -0.507 e. The lowest BCUT2D eigenvalue weighted by molar-refractivity contribution is 0.474. The summed E-state index contributed by atoms with van der Waals surface area (Å²) in [5.41, 5.74) is 1.72. The van der Waals surface area contributed by atoms with Crippen molar-refractivity contribution in [2.45, 2.75) is 0 Å². The fourth-order valence-corrected chi connectivity index (χ4v) is 2.67. The molecule has 0 unspecified atom stereocenters. The van der Waals surface area contributed by atoms with Crippen LogP contribution in [0, 0.1) is 5.82 Å². The molecule has 0 fully saturated rings. The van der Waals surface area contributed by atoms with E-state index in [1.165, 1.54) is 24.3 Å². The van der Waals surface area contributed by atoms with Gasteiger partial charge in [-0.1, -0.05) is 6.07 Å². The quantitative estimate of drug-likeness (QED) is 0.591. The van der Waals surface area contributed by atoms with Gasteiger partial charge in [0.15, 0.2) is 0 Å². The third-order valence-corrected chi connectivity index (χ3v) is 3.76. The number of phenolic OH excluding ortho intramolecular Hbond substituents is 1. The van der Waals surface area contributed by atoms with Crippen molar-refractivity contribution in [3.05, 3.63) is 66.7 Å². The number of imidazole rings is 1. The Balaban J connectivity index is 2.06. The third kappa shape index (κ3) is 2.16. The van der Waals surface area contributed by atoms with E-state index in [9.17, 15) is 14.6 Å². The van der Waals surface area contributed by atoms with Crippen LogP contribution in [0.15, 0.2) is 60.9 Å². The number of nitrogens with zero attached hydrogens (tertiary/aromatic N) is 3. The first kappa shape index (κ1) is 14.2. The molecule has 4 rings (SSSR count). The number of halogens is 1. The smallest absolute Gasteiger partial charge is 0.149 e. The molecule has 0 aliphatic rings. The van der Waals surface area contributed by atoms with E-state index in [1.54, 1.807) is 28.9 Å². The minimum absolute atomic E-state index is 0.00336. The molecule has 0 saturated heterocycles. The number of benzene rings is 1. The number of pyridine rings is 2. The fraction of sp³-hybridized carbons (Fsp3) is 0. The summed E-state index contributed by atoms with van der Waals surface area (Å²) in [4.78, 5) is 8.69.